The Hall–Kier alpha value is -2.14. The summed E-state index contributed by atoms with van der Waals surface area (Å²) in [7, 11) is 1.53. The van der Waals surface area contributed by atoms with Crippen molar-refractivity contribution < 1.29 is 14.2 Å². The van der Waals surface area contributed by atoms with Crippen LogP contribution >= 0.6 is 0 Å². The van der Waals surface area contributed by atoms with E-state index < -0.39 is 5.82 Å². The number of pyridine rings is 1. The fourth-order valence-electron chi connectivity index (χ4n) is 1.78. The van der Waals surface area contributed by atoms with Crippen molar-refractivity contribution in [2.45, 2.75) is 6.61 Å². The quantitative estimate of drug-likeness (QED) is 0.874. The molecule has 0 saturated carbocycles. The number of aromatic nitrogens is 1. The number of ether oxygens (including phenoxy) is 1. The number of hydrogen-bond donors (Lipinski definition) is 2. The zero-order chi connectivity index (χ0) is 13.1. The number of nitrogen functional groups attached to an aromatic ring is 1. The van der Waals surface area contributed by atoms with Crippen LogP contribution < -0.4 is 5.73 Å². The third-order valence-corrected chi connectivity index (χ3v) is 2.62. The molecule has 0 atom stereocenters. The highest BCUT2D eigenvalue weighted by molar-refractivity contribution is 5.72. The van der Waals surface area contributed by atoms with Crippen molar-refractivity contribution in [3.63, 3.8) is 0 Å². The van der Waals surface area contributed by atoms with Crippen molar-refractivity contribution in [2.24, 2.45) is 0 Å². The van der Waals surface area contributed by atoms with Gasteiger partial charge in [-0.15, -0.1) is 0 Å². The molecule has 0 fully saturated rings. The highest BCUT2D eigenvalue weighted by atomic mass is 19.1. The summed E-state index contributed by atoms with van der Waals surface area (Å²) in [6.45, 7) is 0.245. The maximum atomic E-state index is 13.8. The van der Waals surface area contributed by atoms with E-state index in [1.807, 2.05) is 0 Å². The summed E-state index contributed by atoms with van der Waals surface area (Å²) < 4.78 is 18.9. The Bertz CT molecular complexity index is 573. The molecule has 5 heteroatoms. The molecular formula is C13H13FN2O2. The number of halogens is 1. The lowest BCUT2D eigenvalue weighted by Crippen LogP contribution is -2.02. The predicted molar refractivity (Wildman–Crippen MR) is 66.4 cm³/mol. The average molecular weight is 248 g/mol. The van der Waals surface area contributed by atoms with Crippen molar-refractivity contribution >= 4 is 5.82 Å². The minimum atomic E-state index is -0.516. The van der Waals surface area contributed by atoms with Gasteiger partial charge in [0.2, 0.25) is 0 Å². The van der Waals surface area contributed by atoms with E-state index in [9.17, 15) is 9.50 Å². The maximum absolute atomic E-state index is 13.8. The minimum absolute atomic E-state index is 0.119. The standard InChI is InChI=1S/C13H13FN2O2/c1-18-7-11-9(4-5-16-13(11)15)10-3-2-8(17)6-12(10)14/h2-6,17H,7H2,1H3,(H2,15,16). The fourth-order valence-corrected chi connectivity index (χ4v) is 1.78. The topological polar surface area (TPSA) is 68.4 Å². The largest absolute Gasteiger partial charge is 0.508 e. The lowest BCUT2D eigenvalue weighted by atomic mass is 10.0. The second-order valence-electron chi connectivity index (χ2n) is 3.82. The van der Waals surface area contributed by atoms with E-state index in [1.54, 1.807) is 6.07 Å². The van der Waals surface area contributed by atoms with E-state index in [0.717, 1.165) is 6.07 Å². The molecule has 4 nitrogen and oxygen atoms in total. The third kappa shape index (κ3) is 2.26. The minimum Gasteiger partial charge on any atom is -0.508 e. The normalized spacial score (nSPS) is 10.6. The third-order valence-electron chi connectivity index (χ3n) is 2.62. The Morgan fingerprint density at radius 2 is 2.11 bits per heavy atom. The van der Waals surface area contributed by atoms with Crippen LogP contribution in [0.4, 0.5) is 10.2 Å². The van der Waals surface area contributed by atoms with E-state index in [2.05, 4.69) is 4.98 Å². The number of nitrogens with two attached hydrogens (primary N) is 1. The number of phenols is 1. The zero-order valence-corrected chi connectivity index (χ0v) is 9.85. The first-order valence-corrected chi connectivity index (χ1v) is 5.34. The first-order valence-electron chi connectivity index (χ1n) is 5.34. The Labute approximate surface area is 104 Å². The molecule has 3 N–H and O–H groups in total. The number of methoxy groups -OCH3 is 1. The van der Waals surface area contributed by atoms with Gasteiger partial charge < -0.3 is 15.6 Å². The van der Waals surface area contributed by atoms with Crippen LogP contribution in [0.25, 0.3) is 11.1 Å². The van der Waals surface area contributed by atoms with E-state index in [0.29, 0.717) is 22.5 Å². The molecule has 1 heterocycles. The summed E-state index contributed by atoms with van der Waals surface area (Å²) in [6, 6.07) is 5.65. The molecule has 2 rings (SSSR count). The molecule has 0 radical (unpaired) electrons. The molecule has 0 amide bonds. The Morgan fingerprint density at radius 1 is 1.33 bits per heavy atom. The molecular weight excluding hydrogens is 235 g/mol. The summed E-state index contributed by atoms with van der Waals surface area (Å²) in [4.78, 5) is 3.96. The molecule has 0 bridgehead atoms. The molecule has 0 aliphatic rings. The molecule has 18 heavy (non-hydrogen) atoms. The highest BCUT2D eigenvalue weighted by Gasteiger charge is 2.13. The van der Waals surface area contributed by atoms with Gasteiger partial charge in [0.1, 0.15) is 17.4 Å². The molecule has 0 saturated heterocycles. The summed E-state index contributed by atoms with van der Waals surface area (Å²) in [5.74, 6) is -0.327. The van der Waals surface area contributed by atoms with Gasteiger partial charge in [-0.25, -0.2) is 9.37 Å². The van der Waals surface area contributed by atoms with Gasteiger partial charge in [-0.3, -0.25) is 0 Å². The van der Waals surface area contributed by atoms with E-state index in [4.69, 9.17) is 10.5 Å². The van der Waals surface area contributed by atoms with E-state index in [1.165, 1.54) is 25.4 Å². The van der Waals surface area contributed by atoms with Crippen LogP contribution in [0.1, 0.15) is 5.56 Å². The van der Waals surface area contributed by atoms with Crippen LogP contribution in [0, 0.1) is 5.82 Å². The first-order chi connectivity index (χ1) is 8.63. The van der Waals surface area contributed by atoms with Crippen LogP contribution in [-0.4, -0.2) is 17.2 Å². The lowest BCUT2D eigenvalue weighted by Gasteiger charge is -2.11. The van der Waals surface area contributed by atoms with Gasteiger partial charge in [0.25, 0.3) is 0 Å². The van der Waals surface area contributed by atoms with Crippen molar-refractivity contribution in [2.75, 3.05) is 12.8 Å². The number of aromatic hydroxyl groups is 1. The van der Waals surface area contributed by atoms with Gasteiger partial charge in [0.15, 0.2) is 0 Å². The second-order valence-corrected chi connectivity index (χ2v) is 3.82. The second kappa shape index (κ2) is 5.01. The molecule has 94 valence electrons. The first kappa shape index (κ1) is 12.3. The van der Waals surface area contributed by atoms with Crippen molar-refractivity contribution in [1.29, 1.82) is 0 Å². The van der Waals surface area contributed by atoms with Gasteiger partial charge >= 0.3 is 0 Å². The average Bonchev–Trinajstić information content (AvgIpc) is 2.32. The Kier molecular flexibility index (Phi) is 3.43. The number of rotatable bonds is 3. The number of phenolic OH excluding ortho intramolecular Hbond substituents is 1. The molecule has 1 aromatic carbocycles. The SMILES string of the molecule is COCc1c(-c2ccc(O)cc2F)ccnc1N. The van der Waals surface area contributed by atoms with Gasteiger partial charge in [-0.1, -0.05) is 0 Å². The van der Waals surface area contributed by atoms with Crippen LogP contribution in [0.3, 0.4) is 0 Å². The van der Waals surface area contributed by atoms with Crippen molar-refractivity contribution in [3.8, 4) is 16.9 Å². The number of hydrogen-bond acceptors (Lipinski definition) is 4. The summed E-state index contributed by atoms with van der Waals surface area (Å²) in [5.41, 5.74) is 7.36. The van der Waals surface area contributed by atoms with Gasteiger partial charge in [-0.2, -0.15) is 0 Å². The van der Waals surface area contributed by atoms with Crippen LogP contribution in [0.15, 0.2) is 30.5 Å². The monoisotopic (exact) mass is 248 g/mol. The van der Waals surface area contributed by atoms with Crippen molar-refractivity contribution in [3.05, 3.63) is 41.8 Å². The summed E-state index contributed by atoms with van der Waals surface area (Å²) in [6.07, 6.45) is 1.51. The highest BCUT2D eigenvalue weighted by Crippen LogP contribution is 2.30. The van der Waals surface area contributed by atoms with E-state index in [-0.39, 0.29) is 12.4 Å². The van der Waals surface area contributed by atoms with Crippen LogP contribution in [0.2, 0.25) is 0 Å². The Morgan fingerprint density at radius 3 is 2.78 bits per heavy atom. The van der Waals surface area contributed by atoms with E-state index >= 15 is 0 Å². The van der Waals surface area contributed by atoms with Gasteiger partial charge in [-0.05, 0) is 23.8 Å². The van der Waals surface area contributed by atoms with Crippen LogP contribution in [0.5, 0.6) is 5.75 Å². The summed E-state index contributed by atoms with van der Waals surface area (Å²) in [5, 5.41) is 9.21. The number of nitrogens with zero attached hydrogens (tertiary/aromatic N) is 1. The molecule has 0 aliphatic carbocycles. The smallest absolute Gasteiger partial charge is 0.134 e. The number of anilines is 1. The van der Waals surface area contributed by atoms with Crippen molar-refractivity contribution in [1.82, 2.24) is 4.98 Å². The lowest BCUT2D eigenvalue weighted by molar-refractivity contribution is 0.185. The Balaban J connectivity index is 2.59. The molecule has 1 aromatic heterocycles. The number of benzene rings is 1. The molecule has 2 aromatic rings. The zero-order valence-electron chi connectivity index (χ0n) is 9.85. The maximum Gasteiger partial charge on any atom is 0.134 e. The molecule has 0 unspecified atom stereocenters. The van der Waals surface area contributed by atoms with Gasteiger partial charge in [0.05, 0.1) is 6.61 Å². The molecule has 0 aliphatic heterocycles. The predicted octanol–water partition coefficient (Wildman–Crippen LogP) is 2.32. The summed E-state index contributed by atoms with van der Waals surface area (Å²) >= 11 is 0. The fraction of sp³-hybridized carbons (Fsp3) is 0.154. The molecule has 0 spiro atoms. The van der Waals surface area contributed by atoms with Crippen LogP contribution in [-0.2, 0) is 11.3 Å². The van der Waals surface area contributed by atoms with Gasteiger partial charge in [0, 0.05) is 30.5 Å².